The molecule has 1 atom stereocenters. The van der Waals surface area contributed by atoms with Crippen molar-refractivity contribution in [3.05, 3.63) is 29.3 Å². The summed E-state index contributed by atoms with van der Waals surface area (Å²) in [5.41, 5.74) is 0.911. The summed E-state index contributed by atoms with van der Waals surface area (Å²) in [7, 11) is 1.44. The van der Waals surface area contributed by atoms with Crippen molar-refractivity contribution in [2.24, 2.45) is 0 Å². The number of hydrogen-bond donors (Lipinski definition) is 1. The van der Waals surface area contributed by atoms with Gasteiger partial charge in [0.2, 0.25) is 0 Å². The summed E-state index contributed by atoms with van der Waals surface area (Å²) in [4.78, 5) is 0. The predicted molar refractivity (Wildman–Crippen MR) is 72.0 cm³/mol. The predicted octanol–water partition coefficient (Wildman–Crippen LogP) is 3.66. The fourth-order valence-electron chi connectivity index (χ4n) is 2.53. The summed E-state index contributed by atoms with van der Waals surface area (Å²) in [6.45, 7) is 4.65. The lowest BCUT2D eigenvalue weighted by atomic mass is 9.93. The van der Waals surface area contributed by atoms with Gasteiger partial charge in [0.1, 0.15) is 5.75 Å². The first-order chi connectivity index (χ1) is 8.96. The second-order valence-electron chi connectivity index (χ2n) is 5.39. The quantitative estimate of drug-likeness (QED) is 0.900. The molecule has 106 valence electrons. The Labute approximate surface area is 113 Å². The number of methoxy groups -OCH3 is 1. The summed E-state index contributed by atoms with van der Waals surface area (Å²) in [6.07, 6.45) is 1.30. The van der Waals surface area contributed by atoms with Crippen molar-refractivity contribution in [2.75, 3.05) is 13.7 Å². The molecule has 1 aliphatic rings. The van der Waals surface area contributed by atoms with Crippen molar-refractivity contribution in [1.29, 1.82) is 0 Å². The zero-order chi connectivity index (χ0) is 14.0. The van der Waals surface area contributed by atoms with Crippen LogP contribution in [0.15, 0.2) is 18.2 Å². The summed E-state index contributed by atoms with van der Waals surface area (Å²) < 4.78 is 34.3. The molecule has 0 saturated carbocycles. The third kappa shape index (κ3) is 2.73. The highest BCUT2D eigenvalue weighted by atomic mass is 19.3. The Hall–Kier alpha value is -1.16. The Morgan fingerprint density at radius 2 is 2.11 bits per heavy atom. The van der Waals surface area contributed by atoms with Crippen LogP contribution in [-0.2, 0) is 5.92 Å². The normalized spacial score (nSPS) is 20.0. The van der Waals surface area contributed by atoms with Gasteiger partial charge in [0.15, 0.2) is 0 Å². The molecule has 2 rings (SSSR count). The van der Waals surface area contributed by atoms with Gasteiger partial charge < -0.3 is 10.1 Å². The van der Waals surface area contributed by atoms with Crippen molar-refractivity contribution in [3.63, 3.8) is 0 Å². The molecule has 1 fully saturated rings. The first kappa shape index (κ1) is 14.3. The lowest BCUT2D eigenvalue weighted by Crippen LogP contribution is -2.38. The van der Waals surface area contributed by atoms with Crippen LogP contribution in [0.3, 0.4) is 0 Å². The number of nitrogens with one attached hydrogen (secondary N) is 1. The maximum absolute atomic E-state index is 14.6. The molecule has 19 heavy (non-hydrogen) atoms. The van der Waals surface area contributed by atoms with Crippen molar-refractivity contribution in [3.8, 4) is 5.75 Å². The van der Waals surface area contributed by atoms with Gasteiger partial charge in [0.25, 0.3) is 5.92 Å². The van der Waals surface area contributed by atoms with E-state index in [1.807, 2.05) is 19.9 Å². The molecule has 1 saturated heterocycles. The summed E-state index contributed by atoms with van der Waals surface area (Å²) in [5.74, 6) is -2.41. The van der Waals surface area contributed by atoms with Crippen LogP contribution in [0, 0.1) is 0 Å². The second-order valence-corrected chi connectivity index (χ2v) is 5.39. The molecule has 0 spiro atoms. The van der Waals surface area contributed by atoms with Crippen LogP contribution in [-0.4, -0.2) is 19.7 Å². The van der Waals surface area contributed by atoms with E-state index in [2.05, 4.69) is 5.32 Å². The van der Waals surface area contributed by atoms with Gasteiger partial charge in [0.05, 0.1) is 18.7 Å². The van der Waals surface area contributed by atoms with E-state index in [-0.39, 0.29) is 17.2 Å². The molecule has 1 N–H and O–H groups in total. The fraction of sp³-hybridized carbons (Fsp3) is 0.600. The van der Waals surface area contributed by atoms with E-state index in [4.69, 9.17) is 4.74 Å². The molecule has 1 heterocycles. The average Bonchev–Trinajstić information content (AvgIpc) is 2.92. The minimum absolute atomic E-state index is 0.000556. The molecule has 1 aromatic rings. The van der Waals surface area contributed by atoms with Gasteiger partial charge in [-0.1, -0.05) is 19.9 Å². The van der Waals surface area contributed by atoms with Gasteiger partial charge in [-0.25, -0.2) is 0 Å². The molecule has 4 heteroatoms. The van der Waals surface area contributed by atoms with Gasteiger partial charge in [-0.15, -0.1) is 0 Å². The molecule has 1 aliphatic heterocycles. The second kappa shape index (κ2) is 5.45. The average molecular weight is 269 g/mol. The number of rotatable bonds is 4. The number of hydrogen-bond acceptors (Lipinski definition) is 2. The third-order valence-electron chi connectivity index (χ3n) is 3.75. The van der Waals surface area contributed by atoms with E-state index >= 15 is 0 Å². The summed E-state index contributed by atoms with van der Waals surface area (Å²) >= 11 is 0. The first-order valence-corrected chi connectivity index (χ1v) is 6.76. The summed E-state index contributed by atoms with van der Waals surface area (Å²) in [5, 5.41) is 2.89. The van der Waals surface area contributed by atoms with E-state index in [0.717, 1.165) is 12.0 Å². The maximum Gasteiger partial charge on any atom is 0.291 e. The summed E-state index contributed by atoms with van der Waals surface area (Å²) in [6, 6.07) is 4.30. The molecular formula is C15H21F2NO. The van der Waals surface area contributed by atoms with Crippen LogP contribution in [0.5, 0.6) is 5.75 Å². The molecule has 0 bridgehead atoms. The molecule has 1 unspecified atom stereocenters. The molecule has 0 aliphatic carbocycles. The number of alkyl halides is 2. The standard InChI is InChI=1S/C15H21F2NO/c1-10(2)11-6-7-13(19-3)12(9-11)15(16,17)14-5-4-8-18-14/h6-7,9-10,14,18H,4-5,8H2,1-3H3. The zero-order valence-corrected chi connectivity index (χ0v) is 11.7. The monoisotopic (exact) mass is 269 g/mol. The number of benzene rings is 1. The Morgan fingerprint density at radius 3 is 2.63 bits per heavy atom. The Kier molecular flexibility index (Phi) is 4.09. The zero-order valence-electron chi connectivity index (χ0n) is 11.7. The van der Waals surface area contributed by atoms with E-state index in [1.165, 1.54) is 7.11 Å². The Bertz CT molecular complexity index is 440. The SMILES string of the molecule is COc1ccc(C(C)C)cc1C(F)(F)C1CCCN1. The molecule has 0 aromatic heterocycles. The van der Waals surface area contributed by atoms with Gasteiger partial charge in [-0.3, -0.25) is 0 Å². The lowest BCUT2D eigenvalue weighted by Gasteiger charge is -2.26. The van der Waals surface area contributed by atoms with Crippen molar-refractivity contribution < 1.29 is 13.5 Å². The Balaban J connectivity index is 2.42. The van der Waals surface area contributed by atoms with Crippen LogP contribution < -0.4 is 10.1 Å². The van der Waals surface area contributed by atoms with Crippen LogP contribution in [0.4, 0.5) is 8.78 Å². The highest BCUT2D eigenvalue weighted by molar-refractivity contribution is 5.42. The van der Waals surface area contributed by atoms with Gasteiger partial charge in [0, 0.05) is 0 Å². The smallest absolute Gasteiger partial charge is 0.291 e. The lowest BCUT2D eigenvalue weighted by molar-refractivity contribution is -0.0395. The van der Waals surface area contributed by atoms with Gasteiger partial charge in [-0.2, -0.15) is 8.78 Å². The molecule has 0 amide bonds. The topological polar surface area (TPSA) is 21.3 Å². The molecule has 0 radical (unpaired) electrons. The van der Waals surface area contributed by atoms with E-state index < -0.39 is 12.0 Å². The third-order valence-corrected chi connectivity index (χ3v) is 3.75. The van der Waals surface area contributed by atoms with Crippen molar-refractivity contribution >= 4 is 0 Å². The van der Waals surface area contributed by atoms with Crippen molar-refractivity contribution in [1.82, 2.24) is 5.32 Å². The minimum atomic E-state index is -2.90. The molecule has 2 nitrogen and oxygen atoms in total. The fourth-order valence-corrected chi connectivity index (χ4v) is 2.53. The largest absolute Gasteiger partial charge is 0.496 e. The molecule has 1 aromatic carbocycles. The van der Waals surface area contributed by atoms with Crippen molar-refractivity contribution in [2.45, 2.75) is 44.6 Å². The van der Waals surface area contributed by atoms with E-state index in [9.17, 15) is 8.78 Å². The first-order valence-electron chi connectivity index (χ1n) is 6.76. The maximum atomic E-state index is 14.6. The van der Waals surface area contributed by atoms with Crippen LogP contribution in [0.2, 0.25) is 0 Å². The van der Waals surface area contributed by atoms with Crippen LogP contribution in [0.25, 0.3) is 0 Å². The van der Waals surface area contributed by atoms with E-state index in [1.54, 1.807) is 12.1 Å². The highest BCUT2D eigenvalue weighted by Gasteiger charge is 2.44. The van der Waals surface area contributed by atoms with Crippen LogP contribution in [0.1, 0.15) is 43.7 Å². The van der Waals surface area contributed by atoms with Gasteiger partial charge >= 0.3 is 0 Å². The minimum Gasteiger partial charge on any atom is -0.496 e. The number of halogens is 2. The number of ether oxygens (including phenoxy) is 1. The van der Waals surface area contributed by atoms with E-state index in [0.29, 0.717) is 13.0 Å². The van der Waals surface area contributed by atoms with Crippen LogP contribution >= 0.6 is 0 Å². The van der Waals surface area contributed by atoms with Gasteiger partial charge in [-0.05, 0) is 43.0 Å². The highest BCUT2D eigenvalue weighted by Crippen LogP contribution is 2.41. The Morgan fingerprint density at radius 1 is 1.37 bits per heavy atom. The molecular weight excluding hydrogens is 248 g/mol.